The van der Waals surface area contributed by atoms with Crippen LogP contribution in [0.3, 0.4) is 0 Å². The number of thioether (sulfide) groups is 1. The maximum Gasteiger partial charge on any atom is 0.387 e. The SMILES string of the molecule is Nn1c(SCC(=O)Nc2cccc3nsnc23)nnc1-c1ccc(OC(F)F)cc1. The molecule has 13 heteroatoms. The van der Waals surface area contributed by atoms with E-state index in [9.17, 15) is 13.6 Å². The van der Waals surface area contributed by atoms with Gasteiger partial charge in [0, 0.05) is 5.56 Å². The number of hydrogen-bond acceptors (Lipinski definition) is 9. The average molecular weight is 449 g/mol. The monoisotopic (exact) mass is 449 g/mol. The number of carbonyl (C=O) groups excluding carboxylic acids is 1. The Labute approximate surface area is 176 Å². The normalized spacial score (nSPS) is 11.2. The van der Waals surface area contributed by atoms with Crippen LogP contribution >= 0.6 is 23.5 Å². The molecule has 0 atom stereocenters. The highest BCUT2D eigenvalue weighted by molar-refractivity contribution is 7.99. The summed E-state index contributed by atoms with van der Waals surface area (Å²) in [7, 11) is 0. The molecule has 2 aromatic carbocycles. The number of nitrogens with two attached hydrogens (primary N) is 1. The van der Waals surface area contributed by atoms with Gasteiger partial charge in [0.05, 0.1) is 23.2 Å². The van der Waals surface area contributed by atoms with Gasteiger partial charge in [-0.3, -0.25) is 4.79 Å². The van der Waals surface area contributed by atoms with Gasteiger partial charge in [-0.25, -0.2) is 4.68 Å². The zero-order valence-corrected chi connectivity index (χ0v) is 16.7. The Balaban J connectivity index is 1.40. The summed E-state index contributed by atoms with van der Waals surface area (Å²) in [6.07, 6.45) is 0. The molecule has 154 valence electrons. The highest BCUT2D eigenvalue weighted by atomic mass is 32.2. The lowest BCUT2D eigenvalue weighted by Gasteiger charge is -2.07. The number of halogens is 2. The van der Waals surface area contributed by atoms with E-state index >= 15 is 0 Å². The lowest BCUT2D eigenvalue weighted by Crippen LogP contribution is -2.16. The Morgan fingerprint density at radius 3 is 2.77 bits per heavy atom. The van der Waals surface area contributed by atoms with Gasteiger partial charge in [0.2, 0.25) is 11.1 Å². The molecule has 0 bridgehead atoms. The molecule has 4 rings (SSSR count). The zero-order valence-electron chi connectivity index (χ0n) is 15.0. The standard InChI is InChI=1S/C17H13F2N7O2S2/c18-16(19)28-10-6-4-9(5-7-10)15-22-23-17(26(15)20)29-8-13(27)21-11-2-1-3-12-14(11)25-30-24-12/h1-7,16H,8,20H2,(H,21,27). The Kier molecular flexibility index (Phi) is 5.72. The molecule has 0 aliphatic rings. The quantitative estimate of drug-likeness (QED) is 0.326. The van der Waals surface area contributed by atoms with Crippen molar-refractivity contribution in [2.24, 2.45) is 0 Å². The lowest BCUT2D eigenvalue weighted by molar-refractivity contribution is -0.113. The maximum atomic E-state index is 12.3. The molecule has 9 nitrogen and oxygen atoms in total. The molecule has 0 saturated heterocycles. The largest absolute Gasteiger partial charge is 0.435 e. The topological polar surface area (TPSA) is 121 Å². The summed E-state index contributed by atoms with van der Waals surface area (Å²) < 4.78 is 38.3. The molecule has 3 N–H and O–H groups in total. The van der Waals surface area contributed by atoms with Crippen molar-refractivity contribution < 1.29 is 18.3 Å². The summed E-state index contributed by atoms with van der Waals surface area (Å²) in [6.45, 7) is -2.90. The number of nitrogen functional groups attached to an aromatic ring is 1. The molecule has 4 aromatic rings. The second-order valence-electron chi connectivity index (χ2n) is 5.85. The van der Waals surface area contributed by atoms with Crippen LogP contribution in [0.25, 0.3) is 22.4 Å². The third kappa shape index (κ3) is 4.31. The first-order valence-corrected chi connectivity index (χ1v) is 10.1. The molecule has 0 radical (unpaired) electrons. The number of hydrogen-bond donors (Lipinski definition) is 2. The van der Waals surface area contributed by atoms with Gasteiger partial charge in [0.25, 0.3) is 0 Å². The van der Waals surface area contributed by atoms with Crippen molar-refractivity contribution in [2.45, 2.75) is 11.8 Å². The van der Waals surface area contributed by atoms with Crippen LogP contribution in [-0.4, -0.2) is 41.9 Å². The molecule has 0 aliphatic heterocycles. The van der Waals surface area contributed by atoms with Crippen LogP contribution in [-0.2, 0) is 4.79 Å². The summed E-state index contributed by atoms with van der Waals surface area (Å²) in [6, 6.07) is 11.2. The number of carbonyl (C=O) groups is 1. The third-order valence-electron chi connectivity index (χ3n) is 3.89. The minimum absolute atomic E-state index is 0.0217. The Hall–Kier alpha value is -3.32. The second-order valence-corrected chi connectivity index (χ2v) is 7.32. The van der Waals surface area contributed by atoms with Crippen molar-refractivity contribution in [1.29, 1.82) is 0 Å². The van der Waals surface area contributed by atoms with Crippen molar-refractivity contribution in [3.8, 4) is 17.1 Å². The van der Waals surface area contributed by atoms with Crippen LogP contribution in [0, 0.1) is 0 Å². The zero-order chi connectivity index (χ0) is 21.1. The van der Waals surface area contributed by atoms with E-state index in [4.69, 9.17) is 5.84 Å². The lowest BCUT2D eigenvalue weighted by atomic mass is 10.2. The fourth-order valence-corrected chi connectivity index (χ4v) is 3.79. The Morgan fingerprint density at radius 2 is 2.00 bits per heavy atom. The van der Waals surface area contributed by atoms with Gasteiger partial charge in [-0.1, -0.05) is 17.8 Å². The average Bonchev–Trinajstić information content (AvgIpc) is 3.34. The number of anilines is 1. The van der Waals surface area contributed by atoms with Gasteiger partial charge in [0.15, 0.2) is 5.82 Å². The number of benzene rings is 2. The summed E-state index contributed by atoms with van der Waals surface area (Å²) in [5, 5.41) is 11.1. The first-order chi connectivity index (χ1) is 14.5. The van der Waals surface area contributed by atoms with E-state index in [0.29, 0.717) is 33.3 Å². The summed E-state index contributed by atoms with van der Waals surface area (Å²) in [4.78, 5) is 12.3. The maximum absolute atomic E-state index is 12.3. The van der Waals surface area contributed by atoms with E-state index in [1.807, 2.05) is 6.07 Å². The number of amides is 1. The molecule has 0 saturated carbocycles. The number of alkyl halides is 2. The predicted molar refractivity (Wildman–Crippen MR) is 109 cm³/mol. The molecule has 1 amide bonds. The summed E-state index contributed by atoms with van der Waals surface area (Å²) >= 11 is 2.17. The summed E-state index contributed by atoms with van der Waals surface area (Å²) in [5.41, 5.74) is 2.48. The van der Waals surface area contributed by atoms with Crippen molar-refractivity contribution >= 4 is 46.1 Å². The summed E-state index contributed by atoms with van der Waals surface area (Å²) in [5.74, 6) is 6.15. The number of ether oxygens (including phenoxy) is 1. The van der Waals surface area contributed by atoms with Crippen molar-refractivity contribution in [3.05, 3.63) is 42.5 Å². The number of nitrogens with one attached hydrogen (secondary N) is 1. The Bertz CT molecular complexity index is 1180. The van der Waals surface area contributed by atoms with Crippen molar-refractivity contribution in [3.63, 3.8) is 0 Å². The molecular formula is C17H13F2N7O2S2. The first kappa shape index (κ1) is 20.0. The van der Waals surface area contributed by atoms with Crippen LogP contribution in [0.2, 0.25) is 0 Å². The number of nitrogens with zero attached hydrogens (tertiary/aromatic N) is 5. The Morgan fingerprint density at radius 1 is 1.20 bits per heavy atom. The number of rotatable bonds is 7. The molecule has 0 aliphatic carbocycles. The van der Waals surface area contributed by atoms with Gasteiger partial charge in [-0.2, -0.15) is 17.5 Å². The van der Waals surface area contributed by atoms with Crippen LogP contribution in [0.1, 0.15) is 0 Å². The fraction of sp³-hybridized carbons (Fsp3) is 0.118. The van der Waals surface area contributed by atoms with E-state index in [-0.39, 0.29) is 17.4 Å². The minimum Gasteiger partial charge on any atom is -0.435 e. The van der Waals surface area contributed by atoms with E-state index in [1.54, 1.807) is 12.1 Å². The second kappa shape index (κ2) is 8.59. The fourth-order valence-electron chi connectivity index (χ4n) is 2.58. The van der Waals surface area contributed by atoms with Crippen LogP contribution in [0.15, 0.2) is 47.6 Å². The molecule has 2 aromatic heterocycles. The molecule has 0 spiro atoms. The van der Waals surface area contributed by atoms with E-state index in [0.717, 1.165) is 23.5 Å². The third-order valence-corrected chi connectivity index (χ3v) is 5.38. The van der Waals surface area contributed by atoms with Crippen molar-refractivity contribution in [1.82, 2.24) is 23.6 Å². The molecular weight excluding hydrogens is 436 g/mol. The molecule has 2 heterocycles. The van der Waals surface area contributed by atoms with Crippen LogP contribution < -0.4 is 15.9 Å². The van der Waals surface area contributed by atoms with Crippen molar-refractivity contribution in [2.75, 3.05) is 16.9 Å². The number of fused-ring (bicyclic) bond motifs is 1. The van der Waals surface area contributed by atoms with Gasteiger partial charge in [0.1, 0.15) is 16.8 Å². The van der Waals surface area contributed by atoms with E-state index in [1.165, 1.54) is 28.9 Å². The van der Waals surface area contributed by atoms with E-state index < -0.39 is 6.61 Å². The van der Waals surface area contributed by atoms with Gasteiger partial charge < -0.3 is 15.9 Å². The highest BCUT2D eigenvalue weighted by Gasteiger charge is 2.15. The highest BCUT2D eigenvalue weighted by Crippen LogP contribution is 2.25. The molecule has 30 heavy (non-hydrogen) atoms. The smallest absolute Gasteiger partial charge is 0.387 e. The van der Waals surface area contributed by atoms with Crippen LogP contribution in [0.4, 0.5) is 14.5 Å². The van der Waals surface area contributed by atoms with Gasteiger partial charge in [-0.05, 0) is 36.4 Å². The first-order valence-electron chi connectivity index (χ1n) is 8.41. The predicted octanol–water partition coefficient (Wildman–Crippen LogP) is 3.00. The molecule has 0 unspecified atom stereocenters. The minimum atomic E-state index is -2.90. The van der Waals surface area contributed by atoms with Crippen LogP contribution in [0.5, 0.6) is 5.75 Å². The molecule has 0 fully saturated rings. The number of aromatic nitrogens is 5. The van der Waals surface area contributed by atoms with E-state index in [2.05, 4.69) is 29.0 Å². The van der Waals surface area contributed by atoms with Gasteiger partial charge >= 0.3 is 6.61 Å². The van der Waals surface area contributed by atoms with Gasteiger partial charge in [-0.15, -0.1) is 10.2 Å².